The summed E-state index contributed by atoms with van der Waals surface area (Å²) in [6.45, 7) is 1.28. The van der Waals surface area contributed by atoms with Crippen molar-refractivity contribution in [2.75, 3.05) is 45.8 Å². The number of carbonyl (C=O) groups is 1. The number of benzene rings is 1. The van der Waals surface area contributed by atoms with Gasteiger partial charge in [-0.3, -0.25) is 10.1 Å². The average molecular weight is 550 g/mol. The Morgan fingerprint density at radius 2 is 1.95 bits per heavy atom. The van der Waals surface area contributed by atoms with Crippen LogP contribution >= 0.6 is 11.3 Å². The van der Waals surface area contributed by atoms with E-state index >= 15 is 0 Å². The molecule has 1 fully saturated rings. The van der Waals surface area contributed by atoms with Gasteiger partial charge in [-0.2, -0.15) is 0 Å². The molecule has 0 aliphatic heterocycles. The van der Waals surface area contributed by atoms with E-state index in [0.29, 0.717) is 52.8 Å². The second-order valence-electron chi connectivity index (χ2n) is 8.72. The first-order chi connectivity index (χ1) is 17.8. The second-order valence-corrected chi connectivity index (χ2v) is 11.9. The monoisotopic (exact) mass is 549 g/mol. The number of ether oxygens (including phenoxy) is 1. The van der Waals surface area contributed by atoms with E-state index < -0.39 is 15.7 Å². The van der Waals surface area contributed by atoms with Gasteiger partial charge in [-0.25, -0.2) is 18.4 Å². The number of aromatic nitrogens is 2. The number of rotatable bonds is 13. The van der Waals surface area contributed by atoms with Crippen molar-refractivity contribution in [1.29, 1.82) is 0 Å². The minimum Gasteiger partial charge on any atom is -0.476 e. The molecule has 1 aliphatic rings. The number of hydrogen-bond acceptors (Lipinski definition) is 11. The molecule has 1 saturated carbocycles. The fraction of sp³-hybridized carbons (Fsp3) is 0.417. The molecule has 2 N–H and O–H groups in total. The summed E-state index contributed by atoms with van der Waals surface area (Å²) in [6, 6.07) is 9.49. The Morgan fingerprint density at radius 1 is 1.19 bits per heavy atom. The molecule has 2 aromatic heterocycles. The van der Waals surface area contributed by atoms with Crippen molar-refractivity contribution < 1.29 is 29.3 Å². The van der Waals surface area contributed by atoms with Crippen LogP contribution in [0.25, 0.3) is 10.3 Å². The Bertz CT molecular complexity index is 1370. The lowest BCUT2D eigenvalue weighted by molar-refractivity contribution is -0.110. The van der Waals surface area contributed by atoms with Crippen LogP contribution in [0, 0.1) is 0 Å². The van der Waals surface area contributed by atoms with Crippen molar-refractivity contribution in [2.45, 2.75) is 29.4 Å². The first kappa shape index (κ1) is 26.9. The normalized spacial score (nSPS) is 14.2. The smallest absolute Gasteiger partial charge is 0.280 e. The molecule has 11 nitrogen and oxygen atoms in total. The Morgan fingerprint density at radius 3 is 2.62 bits per heavy atom. The summed E-state index contributed by atoms with van der Waals surface area (Å²) in [5, 5.41) is 15.7. The number of pyridine rings is 1. The van der Waals surface area contributed by atoms with Crippen molar-refractivity contribution in [3.05, 3.63) is 42.0 Å². The molecule has 37 heavy (non-hydrogen) atoms. The molecule has 0 unspecified atom stereocenters. The molecular weight excluding hydrogens is 518 g/mol. The first-order valence-corrected chi connectivity index (χ1v) is 14.2. The third-order valence-corrected chi connectivity index (χ3v) is 8.58. The van der Waals surface area contributed by atoms with Crippen LogP contribution in [0.15, 0.2) is 46.4 Å². The molecule has 3 aromatic rings. The summed E-state index contributed by atoms with van der Waals surface area (Å²) in [6.07, 6.45) is 1.68. The van der Waals surface area contributed by atoms with Gasteiger partial charge < -0.3 is 19.6 Å². The number of sulfone groups is 1. The minimum atomic E-state index is -3.36. The molecule has 2 heterocycles. The molecule has 0 radical (unpaired) electrons. The summed E-state index contributed by atoms with van der Waals surface area (Å²) in [5.41, 5.74) is 0.938. The number of aliphatic hydroxyl groups excluding tert-OH is 1. The lowest BCUT2D eigenvalue weighted by atomic mass is 10.1. The Labute approximate surface area is 220 Å². The zero-order valence-electron chi connectivity index (χ0n) is 20.6. The van der Waals surface area contributed by atoms with Gasteiger partial charge >= 0.3 is 0 Å². The minimum absolute atomic E-state index is 0. The van der Waals surface area contributed by atoms with Crippen molar-refractivity contribution in [3.63, 3.8) is 0 Å². The van der Waals surface area contributed by atoms with E-state index in [4.69, 9.17) is 14.7 Å². The fourth-order valence-electron chi connectivity index (χ4n) is 3.26. The van der Waals surface area contributed by atoms with E-state index in [-0.39, 0.29) is 30.5 Å². The number of aliphatic hydroxyl groups is 1. The highest BCUT2D eigenvalue weighted by Gasteiger charge is 2.36. The summed E-state index contributed by atoms with van der Waals surface area (Å²) < 4.78 is 30.7. The quantitative estimate of drug-likeness (QED) is 0.187. The highest BCUT2D eigenvalue weighted by atomic mass is 32.2. The van der Waals surface area contributed by atoms with E-state index in [1.54, 1.807) is 12.1 Å². The summed E-state index contributed by atoms with van der Waals surface area (Å²) in [7, 11) is 0.555. The standard InChI is InChI=1S/C24H29N5O6S2.H2/c1-29(2)12-15-34-20-11-10-19-23(26-20)36-24(25-19)27-22(31)21(28-35-14-3-13-30)16-4-6-17(7-5-16)37(32,33)18-8-9-18;/h4-7,10-11,18,30H,3,8-9,12-15H2,1-2H3,(H,25,27,31);1H/b28-21+;. The third-order valence-electron chi connectivity index (χ3n) is 5.42. The lowest BCUT2D eigenvalue weighted by Gasteiger charge is -2.09. The Balaban J connectivity index is 0.00000400. The molecular formula is C24H31N5O6S2. The van der Waals surface area contributed by atoms with E-state index in [0.717, 1.165) is 6.54 Å². The van der Waals surface area contributed by atoms with Crippen LogP contribution in [-0.2, 0) is 19.5 Å². The lowest BCUT2D eigenvalue weighted by Crippen LogP contribution is -2.24. The number of hydrogen-bond donors (Lipinski definition) is 2. The maximum absolute atomic E-state index is 13.2. The number of nitrogens with zero attached hydrogens (tertiary/aromatic N) is 4. The van der Waals surface area contributed by atoms with Crippen LogP contribution in [0.5, 0.6) is 5.88 Å². The van der Waals surface area contributed by atoms with Gasteiger partial charge in [0.15, 0.2) is 20.7 Å². The van der Waals surface area contributed by atoms with Gasteiger partial charge in [-0.05, 0) is 45.1 Å². The van der Waals surface area contributed by atoms with Gasteiger partial charge in [0.25, 0.3) is 5.91 Å². The maximum atomic E-state index is 13.2. The maximum Gasteiger partial charge on any atom is 0.280 e. The van der Waals surface area contributed by atoms with Crippen LogP contribution in [0.1, 0.15) is 26.3 Å². The molecule has 200 valence electrons. The van der Waals surface area contributed by atoms with Gasteiger partial charge in [0, 0.05) is 32.6 Å². The number of oxime groups is 1. The number of carbonyl (C=O) groups excluding carboxylic acids is 1. The van der Waals surface area contributed by atoms with Gasteiger partial charge in [-0.15, -0.1) is 0 Å². The Kier molecular flexibility index (Phi) is 8.69. The number of thiazole rings is 1. The van der Waals surface area contributed by atoms with Crippen molar-refractivity contribution >= 4 is 48.3 Å². The zero-order valence-corrected chi connectivity index (χ0v) is 22.2. The zero-order chi connectivity index (χ0) is 26.4. The number of anilines is 1. The highest BCUT2D eigenvalue weighted by Crippen LogP contribution is 2.33. The van der Waals surface area contributed by atoms with Crippen LogP contribution < -0.4 is 10.1 Å². The molecule has 1 aliphatic carbocycles. The fourth-order valence-corrected chi connectivity index (χ4v) is 5.74. The van der Waals surface area contributed by atoms with E-state index in [9.17, 15) is 13.2 Å². The largest absolute Gasteiger partial charge is 0.476 e. The summed E-state index contributed by atoms with van der Waals surface area (Å²) in [4.78, 5) is 30.1. The van der Waals surface area contributed by atoms with Gasteiger partial charge in [-0.1, -0.05) is 28.6 Å². The molecule has 1 amide bonds. The molecule has 13 heteroatoms. The topological polar surface area (TPSA) is 143 Å². The predicted octanol–water partition coefficient (Wildman–Crippen LogP) is 2.56. The molecule has 4 rings (SSSR count). The van der Waals surface area contributed by atoms with Crippen molar-refractivity contribution in [1.82, 2.24) is 14.9 Å². The van der Waals surface area contributed by atoms with Crippen molar-refractivity contribution in [2.24, 2.45) is 5.16 Å². The van der Waals surface area contributed by atoms with Gasteiger partial charge in [0.05, 0.1) is 10.1 Å². The molecule has 0 saturated heterocycles. The number of amides is 1. The Hall–Kier alpha value is -3.13. The number of likely N-dealkylation sites (N-methyl/N-ethyl adjacent to an activating group) is 1. The van der Waals surface area contributed by atoms with Gasteiger partial charge in [0.1, 0.15) is 23.6 Å². The number of nitrogens with one attached hydrogen (secondary N) is 1. The molecule has 0 atom stereocenters. The number of fused-ring (bicyclic) bond motifs is 1. The predicted molar refractivity (Wildman–Crippen MR) is 143 cm³/mol. The van der Waals surface area contributed by atoms with Crippen LogP contribution in [0.3, 0.4) is 0 Å². The van der Waals surface area contributed by atoms with Crippen LogP contribution in [-0.4, -0.2) is 85.7 Å². The van der Waals surface area contributed by atoms with Gasteiger partial charge in [0.2, 0.25) is 5.88 Å². The van der Waals surface area contributed by atoms with E-state index in [1.807, 2.05) is 19.0 Å². The van der Waals surface area contributed by atoms with E-state index in [1.165, 1.54) is 35.6 Å². The highest BCUT2D eigenvalue weighted by molar-refractivity contribution is 7.92. The summed E-state index contributed by atoms with van der Waals surface area (Å²) in [5.74, 6) is -0.111. The van der Waals surface area contributed by atoms with Crippen molar-refractivity contribution in [3.8, 4) is 5.88 Å². The second kappa shape index (κ2) is 11.9. The average Bonchev–Trinajstić information content (AvgIpc) is 3.65. The van der Waals surface area contributed by atoms with Crippen LogP contribution in [0.4, 0.5) is 5.13 Å². The molecule has 0 spiro atoms. The molecule has 1 aromatic carbocycles. The van der Waals surface area contributed by atoms with E-state index in [2.05, 4.69) is 20.4 Å². The summed E-state index contributed by atoms with van der Waals surface area (Å²) >= 11 is 1.19. The van der Waals surface area contributed by atoms with Crippen LogP contribution in [0.2, 0.25) is 0 Å². The SMILES string of the molecule is CN(C)CCOc1ccc2nc(NC(=O)/C(=N/OCCCO)c3ccc(S(=O)(=O)C4CC4)cc3)sc2n1.[HH]. The molecule has 0 bridgehead atoms. The third kappa shape index (κ3) is 7.01. The first-order valence-electron chi connectivity index (χ1n) is 11.8.